The maximum atomic E-state index is 13.2. The minimum Gasteiger partial charge on any atom is -0.322 e. The lowest BCUT2D eigenvalue weighted by Gasteiger charge is -2.26. The molecule has 1 unspecified atom stereocenters. The molecule has 2 aromatic rings. The number of piperidine rings is 1. The Balaban J connectivity index is 1.61. The van der Waals surface area contributed by atoms with Crippen LogP contribution >= 0.6 is 0 Å². The molecule has 1 atom stereocenters. The molecule has 2 fully saturated rings. The van der Waals surface area contributed by atoms with Gasteiger partial charge in [0.2, 0.25) is 10.0 Å². The number of sulfonamides is 1. The fraction of sp³-hybridized carbons (Fsp3) is 0.318. The van der Waals surface area contributed by atoms with Gasteiger partial charge in [0.15, 0.2) is 0 Å². The van der Waals surface area contributed by atoms with E-state index in [2.05, 4.69) is 16.0 Å². The van der Waals surface area contributed by atoms with Crippen molar-refractivity contribution >= 4 is 33.6 Å². The smallest absolute Gasteiger partial charge is 0.322 e. The van der Waals surface area contributed by atoms with E-state index < -0.39 is 33.4 Å². The van der Waals surface area contributed by atoms with Crippen LogP contribution in [0, 0.1) is 0 Å². The minimum absolute atomic E-state index is 0.0371. The zero-order valence-corrected chi connectivity index (χ0v) is 18.4. The summed E-state index contributed by atoms with van der Waals surface area (Å²) >= 11 is 0. The van der Waals surface area contributed by atoms with E-state index in [1.54, 1.807) is 43.3 Å². The Kier molecular flexibility index (Phi) is 5.74. The summed E-state index contributed by atoms with van der Waals surface area (Å²) in [6.07, 6.45) is 2.58. The summed E-state index contributed by atoms with van der Waals surface area (Å²) in [6, 6.07) is 12.0. The first kappa shape index (κ1) is 22.0. The number of hydrogen-bond acceptors (Lipinski definition) is 5. The average Bonchev–Trinajstić information content (AvgIpc) is 3.06. The number of nitrogens with one attached hydrogen (secondary N) is 3. The van der Waals surface area contributed by atoms with E-state index in [9.17, 15) is 22.8 Å². The van der Waals surface area contributed by atoms with Crippen molar-refractivity contribution in [3.63, 3.8) is 0 Å². The molecule has 168 valence electrons. The monoisotopic (exact) mass is 456 g/mol. The Morgan fingerprint density at radius 1 is 1.03 bits per heavy atom. The van der Waals surface area contributed by atoms with Gasteiger partial charge in [0.25, 0.3) is 11.8 Å². The van der Waals surface area contributed by atoms with E-state index in [1.165, 1.54) is 16.4 Å². The number of anilines is 1. The van der Waals surface area contributed by atoms with E-state index in [0.717, 1.165) is 19.3 Å². The van der Waals surface area contributed by atoms with Crippen molar-refractivity contribution in [2.75, 3.05) is 18.4 Å². The Morgan fingerprint density at radius 3 is 2.44 bits per heavy atom. The molecule has 2 aliphatic rings. The molecule has 0 saturated carbocycles. The Labute approximate surface area is 186 Å². The number of amides is 4. The molecule has 0 aromatic heterocycles. The molecule has 9 nitrogen and oxygen atoms in total. The summed E-state index contributed by atoms with van der Waals surface area (Å²) in [5, 5.41) is 7.49. The molecule has 2 aliphatic heterocycles. The molecule has 0 bridgehead atoms. The van der Waals surface area contributed by atoms with Crippen LogP contribution in [-0.4, -0.2) is 43.7 Å². The summed E-state index contributed by atoms with van der Waals surface area (Å²) < 4.78 is 27.7. The van der Waals surface area contributed by atoms with Crippen molar-refractivity contribution in [2.24, 2.45) is 0 Å². The van der Waals surface area contributed by atoms with Gasteiger partial charge >= 0.3 is 6.03 Å². The zero-order valence-electron chi connectivity index (χ0n) is 17.6. The molecule has 2 aromatic carbocycles. The van der Waals surface area contributed by atoms with Crippen LogP contribution in [0.15, 0.2) is 53.4 Å². The number of nitrogens with zero attached hydrogens (tertiary/aromatic N) is 1. The first-order valence-corrected chi connectivity index (χ1v) is 11.8. The molecule has 3 N–H and O–H groups in total. The van der Waals surface area contributed by atoms with Crippen molar-refractivity contribution in [3.05, 3.63) is 59.7 Å². The minimum atomic E-state index is -3.80. The number of urea groups is 1. The molecule has 2 saturated heterocycles. The van der Waals surface area contributed by atoms with E-state index in [4.69, 9.17) is 0 Å². The number of carbonyl (C=O) groups excluding carboxylic acids is 3. The predicted molar refractivity (Wildman–Crippen MR) is 117 cm³/mol. The molecular formula is C22H24N4O5S. The molecule has 0 aliphatic carbocycles. The highest BCUT2D eigenvalue weighted by Gasteiger charge is 2.43. The van der Waals surface area contributed by atoms with E-state index in [0.29, 0.717) is 24.3 Å². The van der Waals surface area contributed by atoms with Crippen molar-refractivity contribution in [3.8, 4) is 0 Å². The number of imide groups is 1. The number of benzene rings is 2. The second-order valence-corrected chi connectivity index (χ2v) is 9.94. The van der Waals surface area contributed by atoms with Crippen LogP contribution in [0.25, 0.3) is 0 Å². The van der Waals surface area contributed by atoms with Gasteiger partial charge in [-0.3, -0.25) is 14.9 Å². The predicted octanol–water partition coefficient (Wildman–Crippen LogP) is 2.17. The van der Waals surface area contributed by atoms with E-state index in [-0.39, 0.29) is 10.5 Å². The molecule has 4 amide bonds. The lowest BCUT2D eigenvalue weighted by Crippen LogP contribution is -2.40. The Bertz CT molecular complexity index is 1190. The van der Waals surface area contributed by atoms with Crippen LogP contribution in [0.1, 0.15) is 42.1 Å². The maximum Gasteiger partial charge on any atom is 0.322 e. The largest absolute Gasteiger partial charge is 0.322 e. The maximum absolute atomic E-state index is 13.2. The van der Waals surface area contributed by atoms with Crippen LogP contribution < -0.4 is 16.0 Å². The molecule has 10 heteroatoms. The number of carbonyl (C=O) groups is 3. The normalized spacial score (nSPS) is 21.7. The quantitative estimate of drug-likeness (QED) is 0.595. The van der Waals surface area contributed by atoms with Crippen LogP contribution in [0.2, 0.25) is 0 Å². The van der Waals surface area contributed by atoms with Gasteiger partial charge in [-0.1, -0.05) is 30.7 Å². The summed E-state index contributed by atoms with van der Waals surface area (Å²) in [6.45, 7) is 2.44. The molecule has 0 radical (unpaired) electrons. The van der Waals surface area contributed by atoms with Gasteiger partial charge in [-0.05, 0) is 49.6 Å². The van der Waals surface area contributed by atoms with Crippen molar-refractivity contribution in [2.45, 2.75) is 36.6 Å². The van der Waals surface area contributed by atoms with Crippen LogP contribution in [-0.2, 0) is 20.4 Å². The van der Waals surface area contributed by atoms with Gasteiger partial charge < -0.3 is 10.6 Å². The summed E-state index contributed by atoms with van der Waals surface area (Å²) in [5.74, 6) is -1.08. The Morgan fingerprint density at radius 2 is 1.75 bits per heavy atom. The highest BCUT2D eigenvalue weighted by molar-refractivity contribution is 7.89. The lowest BCUT2D eigenvalue weighted by atomic mass is 9.92. The lowest BCUT2D eigenvalue weighted by molar-refractivity contribution is -0.123. The summed E-state index contributed by atoms with van der Waals surface area (Å²) in [7, 11) is -3.80. The molecule has 4 rings (SSSR count). The molecule has 32 heavy (non-hydrogen) atoms. The third-order valence-corrected chi connectivity index (χ3v) is 7.76. The molecule has 2 heterocycles. The summed E-state index contributed by atoms with van der Waals surface area (Å²) in [5.41, 5.74) is -0.379. The van der Waals surface area contributed by atoms with Crippen molar-refractivity contribution < 1.29 is 22.8 Å². The number of rotatable bonds is 5. The summed E-state index contributed by atoms with van der Waals surface area (Å²) in [4.78, 5) is 36.8. The highest BCUT2D eigenvalue weighted by Crippen LogP contribution is 2.28. The standard InChI is InChI=1S/C22H24N4O5S/c1-22(20(28)24-21(29)25-22)15-8-7-9-16(14-15)23-19(27)17-10-3-4-11-18(17)32(30,31)26-12-5-2-6-13-26/h3-4,7-11,14H,2,5-6,12-13H2,1H3,(H,23,27)(H2,24,25,28,29). The third-order valence-electron chi connectivity index (χ3n) is 5.81. The first-order valence-electron chi connectivity index (χ1n) is 10.4. The first-order chi connectivity index (χ1) is 15.2. The SMILES string of the molecule is CC1(c2cccc(NC(=O)c3ccccc3S(=O)(=O)N3CCCCC3)c2)NC(=O)NC1=O. The Hall–Kier alpha value is -3.24. The van der Waals surface area contributed by atoms with Crippen molar-refractivity contribution in [1.29, 1.82) is 0 Å². The molecule has 0 spiro atoms. The highest BCUT2D eigenvalue weighted by atomic mass is 32.2. The topological polar surface area (TPSA) is 125 Å². The fourth-order valence-corrected chi connectivity index (χ4v) is 5.68. The van der Waals surface area contributed by atoms with Gasteiger partial charge in [0, 0.05) is 18.8 Å². The zero-order chi connectivity index (χ0) is 22.9. The molecular weight excluding hydrogens is 432 g/mol. The van der Waals surface area contributed by atoms with E-state index in [1.807, 2.05) is 0 Å². The van der Waals surface area contributed by atoms with Gasteiger partial charge in [0.05, 0.1) is 10.5 Å². The van der Waals surface area contributed by atoms with Gasteiger partial charge in [-0.25, -0.2) is 13.2 Å². The average molecular weight is 457 g/mol. The second kappa shape index (κ2) is 8.36. The fourth-order valence-electron chi connectivity index (χ4n) is 3.98. The second-order valence-electron chi connectivity index (χ2n) is 8.03. The third kappa shape index (κ3) is 3.98. The van der Waals surface area contributed by atoms with Crippen LogP contribution in [0.5, 0.6) is 0 Å². The van der Waals surface area contributed by atoms with Crippen LogP contribution in [0.4, 0.5) is 10.5 Å². The van der Waals surface area contributed by atoms with Gasteiger partial charge in [-0.15, -0.1) is 0 Å². The van der Waals surface area contributed by atoms with Crippen molar-refractivity contribution in [1.82, 2.24) is 14.9 Å². The van der Waals surface area contributed by atoms with Gasteiger partial charge in [-0.2, -0.15) is 4.31 Å². The van der Waals surface area contributed by atoms with Gasteiger partial charge in [0.1, 0.15) is 5.54 Å². The van der Waals surface area contributed by atoms with Crippen LogP contribution in [0.3, 0.4) is 0 Å². The number of hydrogen-bond donors (Lipinski definition) is 3. The van der Waals surface area contributed by atoms with E-state index >= 15 is 0 Å².